The SMILES string of the molecule is CCOC(=O)CC(C(N)=NC)c1ccc(OCc2ccc3c(c2)C(CC)(CCCOC(=O)CC(C(N)=NC)c2ccc(O)cc2)CCC3(C)C)cc1. The second-order valence-corrected chi connectivity index (χ2v) is 14.3. The molecule has 0 radical (unpaired) electrons. The van der Waals surface area contributed by atoms with Gasteiger partial charge >= 0.3 is 11.9 Å². The van der Waals surface area contributed by atoms with E-state index in [2.05, 4.69) is 49.0 Å². The van der Waals surface area contributed by atoms with E-state index in [1.807, 2.05) is 24.3 Å². The summed E-state index contributed by atoms with van der Waals surface area (Å²) in [5, 5.41) is 9.69. The van der Waals surface area contributed by atoms with Crippen LogP contribution in [0, 0.1) is 0 Å². The zero-order valence-corrected chi connectivity index (χ0v) is 31.6. The van der Waals surface area contributed by atoms with Crippen molar-refractivity contribution in [2.45, 2.75) is 102 Å². The summed E-state index contributed by atoms with van der Waals surface area (Å²) in [5.41, 5.74) is 17.8. The third-order valence-electron chi connectivity index (χ3n) is 10.6. The Bertz CT molecular complexity index is 1720. The molecule has 3 aromatic rings. The number of carbonyl (C=O) groups is 2. The summed E-state index contributed by atoms with van der Waals surface area (Å²) in [6.07, 6.45) is 4.91. The zero-order valence-electron chi connectivity index (χ0n) is 31.6. The number of fused-ring (bicyclic) bond motifs is 1. The number of ether oxygens (including phenoxy) is 3. The number of phenols is 1. The Hall–Kier alpha value is -4.86. The second-order valence-electron chi connectivity index (χ2n) is 14.3. The van der Waals surface area contributed by atoms with Gasteiger partial charge in [-0.3, -0.25) is 19.6 Å². The van der Waals surface area contributed by atoms with E-state index >= 15 is 0 Å². The van der Waals surface area contributed by atoms with Crippen LogP contribution in [0.25, 0.3) is 0 Å². The number of amidine groups is 2. The van der Waals surface area contributed by atoms with E-state index in [1.165, 1.54) is 11.1 Å². The van der Waals surface area contributed by atoms with Gasteiger partial charge < -0.3 is 30.8 Å². The normalized spacial score (nSPS) is 18.2. The summed E-state index contributed by atoms with van der Waals surface area (Å²) in [6.45, 7) is 9.69. The molecule has 0 spiro atoms. The molecule has 3 unspecified atom stereocenters. The van der Waals surface area contributed by atoms with Crippen molar-refractivity contribution in [3.05, 3.63) is 94.5 Å². The average Bonchev–Trinajstić information content (AvgIpc) is 3.15. The number of rotatable bonds is 17. The fourth-order valence-electron chi connectivity index (χ4n) is 7.31. The first-order valence-electron chi connectivity index (χ1n) is 18.3. The number of phenolic OH excluding ortho intramolecular Hbond substituents is 1. The smallest absolute Gasteiger partial charge is 0.306 e. The fourth-order valence-corrected chi connectivity index (χ4v) is 7.31. The molecule has 0 aliphatic heterocycles. The molecule has 280 valence electrons. The van der Waals surface area contributed by atoms with Crippen LogP contribution >= 0.6 is 0 Å². The summed E-state index contributed by atoms with van der Waals surface area (Å²) >= 11 is 0. The maximum Gasteiger partial charge on any atom is 0.306 e. The third-order valence-corrected chi connectivity index (χ3v) is 10.6. The second kappa shape index (κ2) is 18.1. The largest absolute Gasteiger partial charge is 0.508 e. The van der Waals surface area contributed by atoms with Gasteiger partial charge in [0.15, 0.2) is 0 Å². The quantitative estimate of drug-likeness (QED) is 0.0574. The van der Waals surface area contributed by atoms with Gasteiger partial charge in [0.1, 0.15) is 29.8 Å². The monoisotopic (exact) mass is 712 g/mol. The molecule has 3 atom stereocenters. The highest BCUT2D eigenvalue weighted by molar-refractivity contribution is 5.91. The van der Waals surface area contributed by atoms with Crippen LogP contribution in [-0.2, 0) is 36.5 Å². The minimum atomic E-state index is -0.423. The van der Waals surface area contributed by atoms with Gasteiger partial charge in [-0.1, -0.05) is 63.2 Å². The minimum absolute atomic E-state index is 0.0442. The van der Waals surface area contributed by atoms with Crippen molar-refractivity contribution in [3.63, 3.8) is 0 Å². The summed E-state index contributed by atoms with van der Waals surface area (Å²) in [6, 6.07) is 21.0. The number of aliphatic imine (C=N–C) groups is 2. The third kappa shape index (κ3) is 9.92. The molecular weight excluding hydrogens is 656 g/mol. The molecule has 3 aromatic carbocycles. The van der Waals surface area contributed by atoms with Gasteiger partial charge in [-0.05, 0) is 102 Å². The van der Waals surface area contributed by atoms with Gasteiger partial charge in [-0.25, -0.2) is 0 Å². The lowest BCUT2D eigenvalue weighted by Gasteiger charge is -2.46. The predicted molar refractivity (Wildman–Crippen MR) is 206 cm³/mol. The van der Waals surface area contributed by atoms with Crippen molar-refractivity contribution < 1.29 is 28.9 Å². The standard InChI is InChI=1S/C42H56N4O6/c1-7-42(20-9-23-51-38(49)26-34(40(44)46-6)29-11-15-31(47)16-12-29)22-21-41(3,4)35-19-10-28(24-36(35)42)27-52-32-17-13-30(14-18-32)33(39(43)45-5)25-37(48)50-8-2/h10-19,24,33-34,47H,7-9,20-23,25-27H2,1-6H3,(H2,43,45)(H2,44,46). The Morgan fingerprint density at radius 3 is 1.94 bits per heavy atom. The van der Waals surface area contributed by atoms with E-state index in [0.29, 0.717) is 37.2 Å². The molecule has 10 nitrogen and oxygen atoms in total. The molecule has 0 saturated carbocycles. The molecule has 0 saturated heterocycles. The molecule has 10 heteroatoms. The Morgan fingerprint density at radius 1 is 0.808 bits per heavy atom. The molecule has 1 aliphatic rings. The number of benzene rings is 3. The highest BCUT2D eigenvalue weighted by Crippen LogP contribution is 2.50. The molecule has 52 heavy (non-hydrogen) atoms. The average molecular weight is 713 g/mol. The summed E-state index contributed by atoms with van der Waals surface area (Å²) < 4.78 is 17.2. The molecule has 0 heterocycles. The van der Waals surface area contributed by atoms with Crippen molar-refractivity contribution in [1.29, 1.82) is 0 Å². The van der Waals surface area contributed by atoms with Crippen molar-refractivity contribution in [1.82, 2.24) is 0 Å². The number of esters is 2. The molecule has 0 aromatic heterocycles. The number of aromatic hydroxyl groups is 1. The number of carbonyl (C=O) groups excluding carboxylic acids is 2. The molecule has 5 N–H and O–H groups in total. The van der Waals surface area contributed by atoms with Crippen LogP contribution in [0.3, 0.4) is 0 Å². The molecule has 0 amide bonds. The van der Waals surface area contributed by atoms with Gasteiger partial charge in [0.25, 0.3) is 0 Å². The molecular formula is C42H56N4O6. The number of nitrogens with zero attached hydrogens (tertiary/aromatic N) is 2. The molecule has 4 rings (SSSR count). The van der Waals surface area contributed by atoms with Crippen LogP contribution in [0.15, 0.2) is 76.7 Å². The molecule has 0 fully saturated rings. The molecule has 0 bridgehead atoms. The number of hydrogen-bond donors (Lipinski definition) is 3. The van der Waals surface area contributed by atoms with E-state index in [-0.39, 0.29) is 47.3 Å². The van der Waals surface area contributed by atoms with Crippen molar-refractivity contribution in [2.75, 3.05) is 27.3 Å². The van der Waals surface area contributed by atoms with Gasteiger partial charge in [-0.2, -0.15) is 0 Å². The van der Waals surface area contributed by atoms with Gasteiger partial charge in [0, 0.05) is 14.1 Å². The predicted octanol–water partition coefficient (Wildman–Crippen LogP) is 7.20. The van der Waals surface area contributed by atoms with Crippen molar-refractivity contribution in [2.24, 2.45) is 21.5 Å². The lowest BCUT2D eigenvalue weighted by molar-refractivity contribution is -0.144. The maximum absolute atomic E-state index is 13.0. The number of hydrogen-bond acceptors (Lipinski definition) is 8. The van der Waals surface area contributed by atoms with Gasteiger partial charge in [0.2, 0.25) is 0 Å². The zero-order chi connectivity index (χ0) is 37.9. The van der Waals surface area contributed by atoms with Crippen LogP contribution in [-0.4, -0.2) is 56.0 Å². The van der Waals surface area contributed by atoms with E-state index in [4.69, 9.17) is 25.7 Å². The van der Waals surface area contributed by atoms with Crippen molar-refractivity contribution >= 4 is 23.6 Å². The summed E-state index contributed by atoms with van der Waals surface area (Å²) in [5.74, 6) is 0.143. The van der Waals surface area contributed by atoms with Crippen LogP contribution in [0.2, 0.25) is 0 Å². The Morgan fingerprint density at radius 2 is 1.38 bits per heavy atom. The van der Waals surface area contributed by atoms with Crippen LogP contribution < -0.4 is 16.2 Å². The lowest BCUT2D eigenvalue weighted by Crippen LogP contribution is -2.38. The maximum atomic E-state index is 13.0. The van der Waals surface area contributed by atoms with Crippen LogP contribution in [0.4, 0.5) is 0 Å². The Labute approximate surface area is 308 Å². The van der Waals surface area contributed by atoms with E-state index < -0.39 is 5.92 Å². The summed E-state index contributed by atoms with van der Waals surface area (Å²) in [4.78, 5) is 33.4. The van der Waals surface area contributed by atoms with E-state index in [1.54, 1.807) is 45.3 Å². The van der Waals surface area contributed by atoms with Gasteiger partial charge in [-0.15, -0.1) is 0 Å². The van der Waals surface area contributed by atoms with Gasteiger partial charge in [0.05, 0.1) is 37.9 Å². The van der Waals surface area contributed by atoms with E-state index in [9.17, 15) is 14.7 Å². The first kappa shape index (κ1) is 39.9. The number of nitrogens with two attached hydrogens (primary N) is 2. The molecule has 1 aliphatic carbocycles. The van der Waals surface area contributed by atoms with E-state index in [0.717, 1.165) is 48.8 Å². The topological polar surface area (TPSA) is 159 Å². The first-order chi connectivity index (χ1) is 24.9. The fraction of sp³-hybridized carbons (Fsp3) is 0.476. The summed E-state index contributed by atoms with van der Waals surface area (Å²) in [7, 11) is 3.22. The first-order valence-corrected chi connectivity index (χ1v) is 18.3. The van der Waals surface area contributed by atoms with Crippen LogP contribution in [0.5, 0.6) is 11.5 Å². The van der Waals surface area contributed by atoms with Crippen LogP contribution in [0.1, 0.15) is 112 Å². The lowest BCUT2D eigenvalue weighted by atomic mass is 9.59. The highest BCUT2D eigenvalue weighted by atomic mass is 16.5. The highest BCUT2D eigenvalue weighted by Gasteiger charge is 2.41. The minimum Gasteiger partial charge on any atom is -0.508 e. The Kier molecular flexibility index (Phi) is 13.9. The van der Waals surface area contributed by atoms with Crippen molar-refractivity contribution in [3.8, 4) is 11.5 Å². The Balaban J connectivity index is 1.42.